The van der Waals surface area contributed by atoms with Crippen LogP contribution in [0.1, 0.15) is 55.0 Å². The second-order valence-corrected chi connectivity index (χ2v) is 11.6. The number of aliphatic hydroxyl groups is 1. The van der Waals surface area contributed by atoms with Crippen LogP contribution in [0.5, 0.6) is 11.6 Å². The van der Waals surface area contributed by atoms with Crippen LogP contribution in [0.2, 0.25) is 0 Å². The third-order valence-corrected chi connectivity index (χ3v) is 8.31. The van der Waals surface area contributed by atoms with E-state index in [1.165, 1.54) is 12.5 Å². The molecule has 3 atom stereocenters. The molecule has 9 heteroatoms. The molecule has 1 heterocycles. The molecule has 0 radical (unpaired) electrons. The van der Waals surface area contributed by atoms with Crippen molar-refractivity contribution in [3.63, 3.8) is 0 Å². The summed E-state index contributed by atoms with van der Waals surface area (Å²) in [6.45, 7) is 4.09. The molecule has 5 rings (SSSR count). The molecule has 1 aromatic heterocycles. The zero-order chi connectivity index (χ0) is 32.3. The van der Waals surface area contributed by atoms with Crippen molar-refractivity contribution >= 4 is 11.8 Å². The number of methoxy groups -OCH3 is 1. The quantitative estimate of drug-likeness (QED) is 0.161. The van der Waals surface area contributed by atoms with E-state index in [9.17, 15) is 14.7 Å². The second kappa shape index (κ2) is 15.9. The van der Waals surface area contributed by atoms with Crippen molar-refractivity contribution in [2.45, 2.75) is 63.3 Å². The summed E-state index contributed by atoms with van der Waals surface area (Å²) < 4.78 is 13.0. The average molecular weight is 623 g/mol. The van der Waals surface area contributed by atoms with Crippen LogP contribution >= 0.6 is 0 Å². The number of para-hydroxylation sites is 1. The Morgan fingerprint density at radius 3 is 2.28 bits per heavy atom. The molecule has 46 heavy (non-hydrogen) atoms. The molecule has 240 valence electrons. The van der Waals surface area contributed by atoms with Gasteiger partial charge >= 0.3 is 0 Å². The molecule has 1 saturated carbocycles. The maximum absolute atomic E-state index is 13.7. The molecule has 1 aliphatic carbocycles. The molecule has 2 amide bonds. The predicted octanol–water partition coefficient (Wildman–Crippen LogP) is 5.47. The Hall–Kier alpha value is -4.89. The van der Waals surface area contributed by atoms with Gasteiger partial charge in [0.2, 0.25) is 17.7 Å². The number of aromatic nitrogens is 2. The van der Waals surface area contributed by atoms with Crippen molar-refractivity contribution in [3.05, 3.63) is 120 Å². The monoisotopic (exact) mass is 622 g/mol. The highest BCUT2D eigenvalue weighted by Crippen LogP contribution is 2.29. The smallest absolute Gasteiger partial charge is 0.243 e. The first kappa shape index (κ1) is 32.5. The third kappa shape index (κ3) is 8.43. The summed E-state index contributed by atoms with van der Waals surface area (Å²) in [4.78, 5) is 27.2. The summed E-state index contributed by atoms with van der Waals surface area (Å²) in [5, 5.41) is 22.2. The van der Waals surface area contributed by atoms with Gasteiger partial charge < -0.3 is 25.2 Å². The lowest BCUT2D eigenvalue weighted by molar-refractivity contribution is -0.132. The fourth-order valence-corrected chi connectivity index (χ4v) is 5.70. The van der Waals surface area contributed by atoms with E-state index in [-0.39, 0.29) is 24.2 Å². The molecule has 0 aliphatic heterocycles. The summed E-state index contributed by atoms with van der Waals surface area (Å²) in [7, 11) is 1.61. The van der Waals surface area contributed by atoms with Gasteiger partial charge in [0, 0.05) is 18.5 Å². The van der Waals surface area contributed by atoms with Gasteiger partial charge in [0.1, 0.15) is 24.5 Å². The van der Waals surface area contributed by atoms with E-state index in [4.69, 9.17) is 9.47 Å². The van der Waals surface area contributed by atoms with Crippen LogP contribution in [0.15, 0.2) is 104 Å². The van der Waals surface area contributed by atoms with Crippen molar-refractivity contribution < 1.29 is 24.2 Å². The van der Waals surface area contributed by atoms with Gasteiger partial charge in [-0.25, -0.2) is 4.68 Å². The molecule has 3 N–H and O–H groups in total. The summed E-state index contributed by atoms with van der Waals surface area (Å²) in [6.07, 6.45) is 5.54. The number of hydrogen-bond donors (Lipinski definition) is 3. The van der Waals surface area contributed by atoms with Crippen molar-refractivity contribution in [1.82, 2.24) is 20.4 Å². The van der Waals surface area contributed by atoms with E-state index in [2.05, 4.69) is 22.3 Å². The minimum absolute atomic E-state index is 0.0931. The highest BCUT2D eigenvalue weighted by atomic mass is 16.5. The van der Waals surface area contributed by atoms with Crippen LogP contribution in [0.25, 0.3) is 5.69 Å². The van der Waals surface area contributed by atoms with Crippen LogP contribution in [0.3, 0.4) is 0 Å². The van der Waals surface area contributed by atoms with E-state index in [1.54, 1.807) is 17.9 Å². The van der Waals surface area contributed by atoms with Crippen molar-refractivity contribution in [2.24, 2.45) is 5.92 Å². The van der Waals surface area contributed by atoms with Crippen LogP contribution < -0.4 is 20.1 Å². The fourth-order valence-electron chi connectivity index (χ4n) is 5.70. The fraction of sp³-hybridized carbons (Fsp3) is 0.324. The SMILES string of the molecule is C=CC(C(=O)NC(Cc1ccccc1)C(=O)NC1CCCCC1)[C@H](O)c1cc(OCc2ccc(OC)cc2)n(-c2ccccc2)n1. The number of amides is 2. The Kier molecular flexibility index (Phi) is 11.2. The summed E-state index contributed by atoms with van der Waals surface area (Å²) in [6, 6.07) is 27.4. The van der Waals surface area contributed by atoms with Crippen molar-refractivity contribution in [3.8, 4) is 17.3 Å². The van der Waals surface area contributed by atoms with E-state index in [1.807, 2.05) is 84.9 Å². The normalized spacial score (nSPS) is 15.3. The Balaban J connectivity index is 1.34. The Labute approximate surface area is 270 Å². The predicted molar refractivity (Wildman–Crippen MR) is 177 cm³/mol. The lowest BCUT2D eigenvalue weighted by Gasteiger charge is -2.27. The van der Waals surface area contributed by atoms with Gasteiger partial charge in [-0.05, 0) is 48.2 Å². The number of aliphatic hydroxyl groups excluding tert-OH is 1. The maximum Gasteiger partial charge on any atom is 0.243 e. The first-order valence-corrected chi connectivity index (χ1v) is 15.8. The van der Waals surface area contributed by atoms with Crippen LogP contribution in [0, 0.1) is 5.92 Å². The second-order valence-electron chi connectivity index (χ2n) is 11.6. The minimum Gasteiger partial charge on any atom is -0.497 e. The highest BCUT2D eigenvalue weighted by molar-refractivity contribution is 5.89. The lowest BCUT2D eigenvalue weighted by Crippen LogP contribution is -2.52. The van der Waals surface area contributed by atoms with Gasteiger partial charge in [0.15, 0.2) is 0 Å². The number of rotatable bonds is 14. The largest absolute Gasteiger partial charge is 0.497 e. The molecule has 3 aromatic carbocycles. The zero-order valence-electron chi connectivity index (χ0n) is 26.2. The van der Waals surface area contributed by atoms with Crippen LogP contribution in [-0.2, 0) is 22.6 Å². The standard InChI is InChI=1S/C37H42N4O5/c1-3-31(36(43)39-33(23-26-13-7-4-8-14-26)37(44)38-28-15-9-5-10-16-28)35(42)32-24-34(41(40-32)29-17-11-6-12-18-29)46-25-27-19-21-30(45-2)22-20-27/h3-4,6-8,11-14,17-22,24,28,31,33,35,42H,1,5,9-10,15-16,23,25H2,2H3,(H,38,44)(H,39,43)/t31?,33?,35-/m0/s1. The number of carbonyl (C=O) groups excluding carboxylic acids is 2. The van der Waals surface area contributed by atoms with Crippen molar-refractivity contribution in [2.75, 3.05) is 7.11 Å². The molecular formula is C37H42N4O5. The molecule has 2 unspecified atom stereocenters. The number of nitrogens with one attached hydrogen (secondary N) is 2. The van der Waals surface area contributed by atoms with E-state index >= 15 is 0 Å². The van der Waals surface area contributed by atoms with Gasteiger partial charge in [-0.1, -0.05) is 86.0 Å². The topological polar surface area (TPSA) is 115 Å². The van der Waals surface area contributed by atoms with E-state index in [0.29, 0.717) is 12.3 Å². The first-order chi connectivity index (χ1) is 22.4. The Morgan fingerprint density at radius 2 is 1.63 bits per heavy atom. The molecule has 9 nitrogen and oxygen atoms in total. The summed E-state index contributed by atoms with van der Waals surface area (Å²) in [5.41, 5.74) is 2.80. The Morgan fingerprint density at radius 1 is 0.957 bits per heavy atom. The number of benzene rings is 3. The maximum atomic E-state index is 13.7. The van der Waals surface area contributed by atoms with Crippen LogP contribution in [-0.4, -0.2) is 45.9 Å². The molecule has 1 fully saturated rings. The van der Waals surface area contributed by atoms with Gasteiger partial charge in [0.25, 0.3) is 0 Å². The Bertz CT molecular complexity index is 1570. The van der Waals surface area contributed by atoms with Gasteiger partial charge in [-0.3, -0.25) is 9.59 Å². The van der Waals surface area contributed by atoms with Gasteiger partial charge in [-0.15, -0.1) is 6.58 Å². The number of hydrogen-bond acceptors (Lipinski definition) is 6. The van der Waals surface area contributed by atoms with Gasteiger partial charge in [0.05, 0.1) is 24.4 Å². The van der Waals surface area contributed by atoms with Crippen LogP contribution in [0.4, 0.5) is 0 Å². The molecule has 4 aromatic rings. The minimum atomic E-state index is -1.34. The van der Waals surface area contributed by atoms with Crippen molar-refractivity contribution in [1.29, 1.82) is 0 Å². The zero-order valence-corrected chi connectivity index (χ0v) is 26.2. The van der Waals surface area contributed by atoms with E-state index < -0.39 is 24.0 Å². The highest BCUT2D eigenvalue weighted by Gasteiger charge is 2.32. The van der Waals surface area contributed by atoms with E-state index in [0.717, 1.165) is 48.2 Å². The number of ether oxygens (including phenoxy) is 2. The average Bonchev–Trinajstić information content (AvgIpc) is 3.53. The number of carbonyl (C=O) groups is 2. The molecule has 0 saturated heterocycles. The molecule has 0 bridgehead atoms. The third-order valence-electron chi connectivity index (χ3n) is 8.31. The molecular weight excluding hydrogens is 580 g/mol. The first-order valence-electron chi connectivity index (χ1n) is 15.8. The molecule has 1 aliphatic rings. The lowest BCUT2D eigenvalue weighted by atomic mass is 9.94. The van der Waals surface area contributed by atoms with Gasteiger partial charge in [-0.2, -0.15) is 5.10 Å². The summed E-state index contributed by atoms with van der Waals surface area (Å²) in [5.74, 6) is -0.682. The molecule has 0 spiro atoms. The summed E-state index contributed by atoms with van der Waals surface area (Å²) >= 11 is 0. The number of nitrogens with zero attached hydrogens (tertiary/aromatic N) is 2.